The van der Waals surface area contributed by atoms with Crippen LogP contribution in [0.4, 0.5) is 14.5 Å². The van der Waals surface area contributed by atoms with Gasteiger partial charge in [0.15, 0.2) is 0 Å². The molecule has 2 nitrogen and oxygen atoms in total. The molecule has 1 aromatic carbocycles. The second-order valence-corrected chi connectivity index (χ2v) is 4.27. The van der Waals surface area contributed by atoms with Crippen LogP contribution in [0.5, 0.6) is 0 Å². The normalized spacial score (nSPS) is 14.5. The fourth-order valence-corrected chi connectivity index (χ4v) is 2.38. The van der Waals surface area contributed by atoms with Crippen LogP contribution in [0.15, 0.2) is 18.2 Å². The number of anilines is 1. The maximum Gasteiger partial charge on any atom is 0.250 e. The third kappa shape index (κ3) is 2.75. The molecule has 17 heavy (non-hydrogen) atoms. The lowest BCUT2D eigenvalue weighted by Crippen LogP contribution is -2.21. The lowest BCUT2D eigenvalue weighted by Gasteiger charge is -2.17. The number of nitrogens with zero attached hydrogens (tertiary/aromatic N) is 1. The Hall–Kier alpha value is -1.16. The largest absolute Gasteiger partial charge is 0.371 e. The Morgan fingerprint density at radius 3 is 2.94 bits per heavy atom. The molecule has 4 heteroatoms. The summed E-state index contributed by atoms with van der Waals surface area (Å²) >= 11 is 0. The van der Waals surface area contributed by atoms with Crippen LogP contribution in [0.3, 0.4) is 0 Å². The number of nitrogens with one attached hydrogen (secondary N) is 1. The van der Waals surface area contributed by atoms with Gasteiger partial charge in [0.05, 0.1) is 6.54 Å². The van der Waals surface area contributed by atoms with Gasteiger partial charge in [-0.25, -0.2) is 8.78 Å². The van der Waals surface area contributed by atoms with Crippen LogP contribution in [-0.4, -0.2) is 26.1 Å². The molecule has 1 aliphatic rings. The molecule has 1 aliphatic heterocycles. The number of benzene rings is 1. The van der Waals surface area contributed by atoms with Crippen molar-refractivity contribution in [2.24, 2.45) is 0 Å². The Morgan fingerprint density at radius 2 is 2.24 bits per heavy atom. The first-order valence-electron chi connectivity index (χ1n) is 6.07. The van der Waals surface area contributed by atoms with E-state index in [2.05, 4.69) is 23.2 Å². The minimum absolute atomic E-state index is 0.235. The van der Waals surface area contributed by atoms with E-state index in [1.807, 2.05) is 12.1 Å². The van der Waals surface area contributed by atoms with Crippen molar-refractivity contribution in [2.75, 3.05) is 24.5 Å². The predicted octanol–water partition coefficient (Wildman–Crippen LogP) is 2.42. The topological polar surface area (TPSA) is 15.3 Å². The third-order valence-electron chi connectivity index (χ3n) is 3.22. The van der Waals surface area contributed by atoms with Gasteiger partial charge in [-0.05, 0) is 30.5 Å². The summed E-state index contributed by atoms with van der Waals surface area (Å²) in [5.74, 6) is 0. The summed E-state index contributed by atoms with van der Waals surface area (Å²) in [6.07, 6.45) is -1.26. The van der Waals surface area contributed by atoms with Gasteiger partial charge >= 0.3 is 0 Å². The first-order chi connectivity index (χ1) is 8.22. The van der Waals surface area contributed by atoms with Gasteiger partial charge < -0.3 is 10.2 Å². The molecule has 0 saturated carbocycles. The standard InChI is InChI=1S/C13H18F2N2/c1-2-17-7-6-11-10(4-3-5-12(11)17)8-16-9-13(14)15/h3-5,13,16H,2,6-9H2,1H3. The van der Waals surface area contributed by atoms with Crippen LogP contribution >= 0.6 is 0 Å². The molecule has 1 aromatic rings. The van der Waals surface area contributed by atoms with E-state index in [9.17, 15) is 8.78 Å². The van der Waals surface area contributed by atoms with Gasteiger partial charge in [-0.15, -0.1) is 0 Å². The summed E-state index contributed by atoms with van der Waals surface area (Å²) in [4.78, 5) is 2.33. The average molecular weight is 240 g/mol. The second kappa shape index (κ2) is 5.45. The van der Waals surface area contributed by atoms with E-state index in [4.69, 9.17) is 0 Å². The molecule has 0 saturated heterocycles. The highest BCUT2D eigenvalue weighted by Crippen LogP contribution is 2.30. The lowest BCUT2D eigenvalue weighted by molar-refractivity contribution is 0.145. The zero-order valence-electron chi connectivity index (χ0n) is 10.0. The number of alkyl halides is 2. The first-order valence-corrected chi connectivity index (χ1v) is 6.07. The van der Waals surface area contributed by atoms with Crippen molar-refractivity contribution in [3.8, 4) is 0 Å². The molecule has 0 radical (unpaired) electrons. The monoisotopic (exact) mass is 240 g/mol. The van der Waals surface area contributed by atoms with Gasteiger partial charge in [0.25, 0.3) is 6.43 Å². The smallest absolute Gasteiger partial charge is 0.250 e. The number of hydrogen-bond acceptors (Lipinski definition) is 2. The molecular formula is C13H18F2N2. The summed E-state index contributed by atoms with van der Waals surface area (Å²) in [6, 6.07) is 6.14. The molecule has 2 rings (SSSR count). The maximum absolute atomic E-state index is 12.1. The lowest BCUT2D eigenvalue weighted by atomic mass is 10.0. The highest BCUT2D eigenvalue weighted by molar-refractivity contribution is 5.60. The van der Waals surface area contributed by atoms with Crippen molar-refractivity contribution in [2.45, 2.75) is 26.3 Å². The Kier molecular flexibility index (Phi) is 3.94. The number of likely N-dealkylation sites (N-methyl/N-ethyl adjacent to an activating group) is 1. The molecule has 0 bridgehead atoms. The van der Waals surface area contributed by atoms with Crippen LogP contribution in [0.1, 0.15) is 18.1 Å². The number of hydrogen-bond donors (Lipinski definition) is 1. The van der Waals surface area contributed by atoms with E-state index in [1.54, 1.807) is 0 Å². The first kappa shape index (κ1) is 12.3. The highest BCUT2D eigenvalue weighted by atomic mass is 19.3. The second-order valence-electron chi connectivity index (χ2n) is 4.27. The van der Waals surface area contributed by atoms with E-state index < -0.39 is 6.43 Å². The van der Waals surface area contributed by atoms with Gasteiger partial charge in [-0.3, -0.25) is 0 Å². The number of fused-ring (bicyclic) bond motifs is 1. The minimum Gasteiger partial charge on any atom is -0.371 e. The van der Waals surface area contributed by atoms with Crippen molar-refractivity contribution in [1.29, 1.82) is 0 Å². The van der Waals surface area contributed by atoms with Gasteiger partial charge in [0, 0.05) is 25.3 Å². The van der Waals surface area contributed by atoms with Crippen LogP contribution in [-0.2, 0) is 13.0 Å². The molecule has 1 N–H and O–H groups in total. The van der Waals surface area contributed by atoms with Gasteiger partial charge in [0.1, 0.15) is 0 Å². The Labute approximate surface area is 101 Å². The fourth-order valence-electron chi connectivity index (χ4n) is 2.38. The van der Waals surface area contributed by atoms with Crippen LogP contribution in [0, 0.1) is 0 Å². The summed E-state index contributed by atoms with van der Waals surface area (Å²) in [5, 5.41) is 2.80. The molecule has 0 spiro atoms. The van der Waals surface area contributed by atoms with Crippen molar-refractivity contribution < 1.29 is 8.78 Å². The van der Waals surface area contributed by atoms with Gasteiger partial charge in [0.2, 0.25) is 0 Å². The summed E-state index contributed by atoms with van der Waals surface area (Å²) in [7, 11) is 0. The SMILES string of the molecule is CCN1CCc2c(CNCC(F)F)cccc21. The quantitative estimate of drug-likeness (QED) is 0.850. The molecule has 0 unspecified atom stereocenters. The zero-order chi connectivity index (χ0) is 12.3. The highest BCUT2D eigenvalue weighted by Gasteiger charge is 2.19. The van der Waals surface area contributed by atoms with E-state index in [0.29, 0.717) is 6.54 Å². The average Bonchev–Trinajstić information content (AvgIpc) is 2.72. The number of rotatable bonds is 5. The minimum atomic E-state index is -2.28. The van der Waals surface area contributed by atoms with Crippen molar-refractivity contribution in [3.63, 3.8) is 0 Å². The summed E-state index contributed by atoms with van der Waals surface area (Å²) < 4.78 is 24.1. The van der Waals surface area contributed by atoms with E-state index in [-0.39, 0.29) is 6.54 Å². The van der Waals surface area contributed by atoms with Gasteiger partial charge in [-0.1, -0.05) is 12.1 Å². The Balaban J connectivity index is 2.06. The molecule has 0 fully saturated rings. The van der Waals surface area contributed by atoms with Crippen LogP contribution in [0.25, 0.3) is 0 Å². The Bertz CT molecular complexity index is 380. The zero-order valence-corrected chi connectivity index (χ0v) is 10.0. The van der Waals surface area contributed by atoms with Crippen molar-refractivity contribution in [1.82, 2.24) is 5.32 Å². The Morgan fingerprint density at radius 1 is 1.41 bits per heavy atom. The summed E-state index contributed by atoms with van der Waals surface area (Å²) in [6.45, 7) is 4.47. The molecule has 1 heterocycles. The molecule has 0 atom stereocenters. The molecular weight excluding hydrogens is 222 g/mol. The molecule has 0 amide bonds. The molecule has 0 aromatic heterocycles. The molecule has 0 aliphatic carbocycles. The third-order valence-corrected chi connectivity index (χ3v) is 3.22. The number of halogens is 2. The van der Waals surface area contributed by atoms with Crippen LogP contribution in [0.2, 0.25) is 0 Å². The maximum atomic E-state index is 12.1. The predicted molar refractivity (Wildman–Crippen MR) is 65.7 cm³/mol. The summed E-state index contributed by atoms with van der Waals surface area (Å²) in [5.41, 5.74) is 3.74. The van der Waals surface area contributed by atoms with E-state index >= 15 is 0 Å². The van der Waals surface area contributed by atoms with Crippen LogP contribution < -0.4 is 10.2 Å². The van der Waals surface area contributed by atoms with Crippen molar-refractivity contribution >= 4 is 5.69 Å². The van der Waals surface area contributed by atoms with E-state index in [0.717, 1.165) is 25.1 Å². The van der Waals surface area contributed by atoms with Crippen molar-refractivity contribution in [3.05, 3.63) is 29.3 Å². The van der Waals surface area contributed by atoms with E-state index in [1.165, 1.54) is 11.3 Å². The molecule has 94 valence electrons. The fraction of sp³-hybridized carbons (Fsp3) is 0.538. The van der Waals surface area contributed by atoms with Gasteiger partial charge in [-0.2, -0.15) is 0 Å².